The summed E-state index contributed by atoms with van der Waals surface area (Å²) in [6.07, 6.45) is 0. The molecule has 1 aliphatic rings. The average molecular weight is 661 g/mol. The molecule has 1 heteroatoms. The molecule has 0 N–H and O–H groups in total. The third-order valence-electron chi connectivity index (χ3n) is 12.2. The van der Waals surface area contributed by atoms with Crippen molar-refractivity contribution < 1.29 is 4.42 Å². The lowest BCUT2D eigenvalue weighted by Gasteiger charge is -2.22. The molecule has 242 valence electrons. The van der Waals surface area contributed by atoms with Crippen LogP contribution in [0.15, 0.2) is 162 Å². The summed E-state index contributed by atoms with van der Waals surface area (Å²) in [4.78, 5) is 0. The first-order valence-electron chi connectivity index (χ1n) is 18.3. The smallest absolute Gasteiger partial charge is 0.143 e. The highest BCUT2D eigenvalue weighted by atomic mass is 16.3. The first kappa shape index (κ1) is 28.3. The second-order valence-corrected chi connectivity index (χ2v) is 15.2. The second kappa shape index (κ2) is 9.87. The van der Waals surface area contributed by atoms with Crippen LogP contribution in [0, 0.1) is 0 Å². The van der Waals surface area contributed by atoms with Gasteiger partial charge >= 0.3 is 0 Å². The summed E-state index contributed by atoms with van der Waals surface area (Å²) in [5.74, 6) is 0. The molecule has 0 saturated heterocycles. The van der Waals surface area contributed by atoms with E-state index in [0.717, 1.165) is 27.5 Å². The first-order chi connectivity index (χ1) is 25.5. The molecule has 0 atom stereocenters. The van der Waals surface area contributed by atoms with Crippen molar-refractivity contribution in [2.24, 2.45) is 0 Å². The van der Waals surface area contributed by atoms with Crippen molar-refractivity contribution in [3.63, 3.8) is 0 Å². The van der Waals surface area contributed by atoms with E-state index in [0.29, 0.717) is 0 Å². The molecule has 1 aliphatic carbocycles. The molecule has 11 aromatic rings. The molecule has 0 spiro atoms. The van der Waals surface area contributed by atoms with E-state index in [9.17, 15) is 0 Å². The van der Waals surface area contributed by atoms with E-state index in [1.807, 2.05) is 0 Å². The normalized spacial score (nSPS) is 13.7. The van der Waals surface area contributed by atoms with E-state index in [-0.39, 0.29) is 5.41 Å². The van der Waals surface area contributed by atoms with Crippen LogP contribution in [0.3, 0.4) is 0 Å². The minimum absolute atomic E-state index is 0.0836. The van der Waals surface area contributed by atoms with Crippen LogP contribution >= 0.6 is 0 Å². The highest BCUT2D eigenvalue weighted by Gasteiger charge is 2.36. The van der Waals surface area contributed by atoms with E-state index < -0.39 is 0 Å². The summed E-state index contributed by atoms with van der Waals surface area (Å²) in [5.41, 5.74) is 11.9. The average Bonchev–Trinajstić information content (AvgIpc) is 3.68. The van der Waals surface area contributed by atoms with Crippen LogP contribution in [0.2, 0.25) is 0 Å². The lowest BCUT2D eigenvalue weighted by atomic mass is 9.81. The number of furan rings is 1. The van der Waals surface area contributed by atoms with Crippen molar-refractivity contribution in [1.29, 1.82) is 0 Å². The van der Waals surface area contributed by atoms with E-state index in [4.69, 9.17) is 4.42 Å². The molecule has 0 saturated carbocycles. The van der Waals surface area contributed by atoms with Crippen molar-refractivity contribution in [1.82, 2.24) is 0 Å². The molecule has 0 radical (unpaired) electrons. The monoisotopic (exact) mass is 660 g/mol. The summed E-state index contributed by atoms with van der Waals surface area (Å²) in [6.45, 7) is 4.72. The largest absolute Gasteiger partial charge is 0.455 e. The molecule has 0 amide bonds. The Morgan fingerprint density at radius 1 is 0.346 bits per heavy atom. The van der Waals surface area contributed by atoms with Gasteiger partial charge in [-0.1, -0.05) is 141 Å². The standard InChI is InChI=1S/C51H32O/c1-51(2)44-25-19-35(27-42(44)43-26-33-9-3-4-10-34(33)28-45(43)51)37-23-24-40(48-41-22-16-29-8-5-6-13-36(29)49(41)52-50(37)48)38-20-17-32-15-14-30-11-7-12-31-18-21-39(38)47(32)46(30)31/h3-28H,1-2H3. The Hall–Kier alpha value is -6.44. The molecule has 1 nitrogen and oxygen atoms in total. The second-order valence-electron chi connectivity index (χ2n) is 15.2. The van der Waals surface area contributed by atoms with Gasteiger partial charge in [0.25, 0.3) is 0 Å². The van der Waals surface area contributed by atoms with E-state index in [2.05, 4.69) is 172 Å². The molecule has 1 aromatic heterocycles. The van der Waals surface area contributed by atoms with Gasteiger partial charge in [0.2, 0.25) is 0 Å². The van der Waals surface area contributed by atoms with Crippen molar-refractivity contribution in [2.75, 3.05) is 0 Å². The molecule has 0 unspecified atom stereocenters. The van der Waals surface area contributed by atoms with Gasteiger partial charge in [-0.05, 0) is 118 Å². The number of rotatable bonds is 2. The van der Waals surface area contributed by atoms with Gasteiger partial charge in [-0.2, -0.15) is 0 Å². The van der Waals surface area contributed by atoms with Gasteiger partial charge in [0.15, 0.2) is 0 Å². The maximum Gasteiger partial charge on any atom is 0.143 e. The fraction of sp³-hybridized carbons (Fsp3) is 0.0588. The Bertz CT molecular complexity index is 3300. The minimum Gasteiger partial charge on any atom is -0.455 e. The van der Waals surface area contributed by atoms with Crippen LogP contribution in [-0.2, 0) is 5.41 Å². The van der Waals surface area contributed by atoms with Crippen LogP contribution in [-0.4, -0.2) is 0 Å². The van der Waals surface area contributed by atoms with Crippen LogP contribution in [0.25, 0.3) is 109 Å². The maximum atomic E-state index is 7.13. The van der Waals surface area contributed by atoms with Gasteiger partial charge in [-0.3, -0.25) is 0 Å². The van der Waals surface area contributed by atoms with Gasteiger partial charge in [0.05, 0.1) is 0 Å². The van der Waals surface area contributed by atoms with Crippen molar-refractivity contribution in [2.45, 2.75) is 19.3 Å². The Morgan fingerprint density at radius 3 is 1.81 bits per heavy atom. The van der Waals surface area contributed by atoms with E-state index in [1.165, 1.54) is 92.8 Å². The Morgan fingerprint density at radius 2 is 0.962 bits per heavy atom. The topological polar surface area (TPSA) is 13.1 Å². The molecule has 0 fully saturated rings. The SMILES string of the molecule is CC1(C)c2ccc(-c3ccc(-c4ccc5ccc6cccc7ccc4c5c67)c4c3oc3c5ccccc5ccc34)cc2-c2cc3ccccc3cc21. The van der Waals surface area contributed by atoms with Gasteiger partial charge in [-0.25, -0.2) is 0 Å². The van der Waals surface area contributed by atoms with Gasteiger partial charge in [0, 0.05) is 27.1 Å². The van der Waals surface area contributed by atoms with Crippen LogP contribution in [0.4, 0.5) is 0 Å². The Labute approximate surface area is 300 Å². The number of fused-ring (bicyclic) bond motifs is 9. The fourth-order valence-electron chi connectivity index (χ4n) is 9.63. The zero-order chi connectivity index (χ0) is 34.3. The van der Waals surface area contributed by atoms with Crippen molar-refractivity contribution in [3.05, 3.63) is 169 Å². The molecule has 52 heavy (non-hydrogen) atoms. The zero-order valence-corrected chi connectivity index (χ0v) is 28.9. The highest BCUT2D eigenvalue weighted by Crippen LogP contribution is 2.52. The van der Waals surface area contributed by atoms with Gasteiger partial charge in [0.1, 0.15) is 11.2 Å². The summed E-state index contributed by atoms with van der Waals surface area (Å²) < 4.78 is 7.13. The third-order valence-corrected chi connectivity index (χ3v) is 12.2. The van der Waals surface area contributed by atoms with Crippen molar-refractivity contribution in [3.8, 4) is 33.4 Å². The van der Waals surface area contributed by atoms with Crippen LogP contribution in [0.5, 0.6) is 0 Å². The molecule has 12 rings (SSSR count). The van der Waals surface area contributed by atoms with E-state index >= 15 is 0 Å². The number of hydrogen-bond acceptors (Lipinski definition) is 1. The Balaban J connectivity index is 1.16. The molecule has 10 aromatic carbocycles. The lowest BCUT2D eigenvalue weighted by Crippen LogP contribution is -2.14. The fourth-order valence-corrected chi connectivity index (χ4v) is 9.63. The summed E-state index contributed by atoms with van der Waals surface area (Å²) in [5, 5.41) is 15.0. The summed E-state index contributed by atoms with van der Waals surface area (Å²) in [6, 6.07) is 58.7. The Kier molecular flexibility index (Phi) is 5.37. The molecular weight excluding hydrogens is 629 g/mol. The van der Waals surface area contributed by atoms with Crippen LogP contribution < -0.4 is 0 Å². The quantitative estimate of drug-likeness (QED) is 0.168. The van der Waals surface area contributed by atoms with Gasteiger partial charge in [-0.15, -0.1) is 0 Å². The predicted octanol–water partition coefficient (Wildman–Crippen LogP) is 14.4. The summed E-state index contributed by atoms with van der Waals surface area (Å²) in [7, 11) is 0. The molecular formula is C51H32O. The number of hydrogen-bond donors (Lipinski definition) is 0. The summed E-state index contributed by atoms with van der Waals surface area (Å²) >= 11 is 0. The molecule has 1 heterocycles. The van der Waals surface area contributed by atoms with Crippen molar-refractivity contribution >= 4 is 75.8 Å². The third kappa shape index (κ3) is 3.62. The minimum atomic E-state index is -0.0836. The van der Waals surface area contributed by atoms with Crippen LogP contribution in [0.1, 0.15) is 25.0 Å². The van der Waals surface area contributed by atoms with E-state index in [1.54, 1.807) is 0 Å². The maximum absolute atomic E-state index is 7.13. The van der Waals surface area contributed by atoms with Gasteiger partial charge < -0.3 is 4.42 Å². The molecule has 0 bridgehead atoms. The number of benzene rings is 10. The highest BCUT2D eigenvalue weighted by molar-refractivity contribution is 6.28. The first-order valence-corrected chi connectivity index (χ1v) is 18.3. The molecule has 0 aliphatic heterocycles. The predicted molar refractivity (Wildman–Crippen MR) is 221 cm³/mol. The lowest BCUT2D eigenvalue weighted by molar-refractivity contribution is 0.661. The zero-order valence-electron chi connectivity index (χ0n) is 28.9.